The summed E-state index contributed by atoms with van der Waals surface area (Å²) in [6, 6.07) is 12.6. The van der Waals surface area contributed by atoms with E-state index in [1.807, 2.05) is 6.07 Å². The van der Waals surface area contributed by atoms with Crippen LogP contribution in [0.5, 0.6) is 5.75 Å². The maximum absolute atomic E-state index is 11.2. The number of nitrogens with zero attached hydrogens (tertiary/aromatic N) is 1. The summed E-state index contributed by atoms with van der Waals surface area (Å²) in [4.78, 5) is 2.53. The molecule has 0 saturated carbocycles. The highest BCUT2D eigenvalue weighted by Crippen LogP contribution is 2.42. The van der Waals surface area contributed by atoms with Gasteiger partial charge in [0.25, 0.3) is 0 Å². The summed E-state index contributed by atoms with van der Waals surface area (Å²) in [5.41, 5.74) is 1.04. The first-order chi connectivity index (χ1) is 11.7. The average Bonchev–Trinajstić information content (AvgIpc) is 2.66. The van der Waals surface area contributed by atoms with Crippen molar-refractivity contribution in [3.05, 3.63) is 42.0 Å². The second kappa shape index (κ2) is 6.38. The number of piperidine rings is 3. The van der Waals surface area contributed by atoms with Crippen LogP contribution in [0.15, 0.2) is 36.4 Å². The van der Waals surface area contributed by atoms with Gasteiger partial charge in [-0.3, -0.25) is 4.90 Å². The van der Waals surface area contributed by atoms with E-state index in [0.717, 1.165) is 53.4 Å². The van der Waals surface area contributed by atoms with Gasteiger partial charge < -0.3 is 9.84 Å². The predicted molar refractivity (Wildman–Crippen MR) is 97.3 cm³/mol. The van der Waals surface area contributed by atoms with Gasteiger partial charge in [0.05, 0.1) is 13.2 Å². The molecule has 2 bridgehead atoms. The average molecular weight is 325 g/mol. The summed E-state index contributed by atoms with van der Waals surface area (Å²) in [7, 11) is 1.69. The summed E-state index contributed by atoms with van der Waals surface area (Å²) in [6.07, 6.45) is 3.25. The number of hydrogen-bond donors (Lipinski definition) is 1. The van der Waals surface area contributed by atoms with Crippen LogP contribution in [0.3, 0.4) is 0 Å². The highest BCUT2D eigenvalue weighted by molar-refractivity contribution is 5.87. The summed E-state index contributed by atoms with van der Waals surface area (Å²) in [6.45, 7) is 4.59. The van der Waals surface area contributed by atoms with Crippen molar-refractivity contribution >= 4 is 10.8 Å². The Kier molecular flexibility index (Phi) is 4.23. The minimum absolute atomic E-state index is 0.253. The third kappa shape index (κ3) is 2.60. The lowest BCUT2D eigenvalue weighted by molar-refractivity contribution is -0.0562. The molecule has 0 spiro atoms. The van der Waals surface area contributed by atoms with E-state index in [-0.39, 0.29) is 6.04 Å². The van der Waals surface area contributed by atoms with E-state index in [2.05, 4.69) is 42.2 Å². The van der Waals surface area contributed by atoms with Crippen molar-refractivity contribution in [2.24, 2.45) is 11.8 Å². The minimum atomic E-state index is -0.429. The van der Waals surface area contributed by atoms with Gasteiger partial charge in [0, 0.05) is 12.6 Å². The van der Waals surface area contributed by atoms with Crippen LogP contribution in [-0.4, -0.2) is 36.2 Å². The zero-order valence-electron chi connectivity index (χ0n) is 14.6. The lowest BCUT2D eigenvalue weighted by Crippen LogP contribution is -2.55. The normalized spacial score (nSPS) is 30.5. The van der Waals surface area contributed by atoms with Gasteiger partial charge in [-0.1, -0.05) is 37.6 Å². The number of hydrogen-bond acceptors (Lipinski definition) is 3. The molecule has 3 unspecified atom stereocenters. The lowest BCUT2D eigenvalue weighted by atomic mass is 9.72. The maximum atomic E-state index is 11.2. The zero-order valence-corrected chi connectivity index (χ0v) is 14.6. The van der Waals surface area contributed by atoms with Crippen molar-refractivity contribution in [3.8, 4) is 5.75 Å². The van der Waals surface area contributed by atoms with Crippen molar-refractivity contribution in [3.63, 3.8) is 0 Å². The first-order valence-electron chi connectivity index (χ1n) is 9.20. The molecule has 5 atom stereocenters. The molecule has 3 heterocycles. The van der Waals surface area contributed by atoms with E-state index in [1.165, 1.54) is 12.8 Å². The standard InChI is InChI=1S/C21H27NO2/c1-3-14-13-22-10-9-16(14)11-20(22)21(23)18-6-4-5-15-7-8-17(24-2)12-19(15)18/h4-8,12,14,16,20-21,23H,3,9-11,13H2,1-2H3/t14?,16?,20-,21+/m1/s1. The molecule has 0 radical (unpaired) electrons. The molecule has 3 nitrogen and oxygen atoms in total. The molecule has 3 fully saturated rings. The van der Waals surface area contributed by atoms with Gasteiger partial charge in [0.2, 0.25) is 0 Å². The van der Waals surface area contributed by atoms with Crippen LogP contribution in [-0.2, 0) is 0 Å². The third-order valence-corrected chi connectivity index (χ3v) is 6.27. The second-order valence-electron chi connectivity index (χ2n) is 7.39. The molecule has 2 aromatic rings. The Labute approximate surface area is 144 Å². The Balaban J connectivity index is 1.68. The molecule has 3 heteroatoms. The van der Waals surface area contributed by atoms with Crippen LogP contribution in [0.2, 0.25) is 0 Å². The molecule has 0 aromatic heterocycles. The van der Waals surface area contributed by atoms with Crippen molar-refractivity contribution in [1.82, 2.24) is 4.90 Å². The Morgan fingerprint density at radius 3 is 2.88 bits per heavy atom. The van der Waals surface area contributed by atoms with Gasteiger partial charge in [-0.05, 0) is 59.7 Å². The largest absolute Gasteiger partial charge is 0.497 e. The van der Waals surface area contributed by atoms with E-state index in [1.54, 1.807) is 7.11 Å². The second-order valence-corrected chi connectivity index (χ2v) is 7.39. The summed E-state index contributed by atoms with van der Waals surface area (Å²) in [5, 5.41) is 13.5. The fourth-order valence-corrected chi connectivity index (χ4v) is 4.84. The van der Waals surface area contributed by atoms with Gasteiger partial charge in [-0.25, -0.2) is 0 Å². The summed E-state index contributed by atoms with van der Waals surface area (Å²) >= 11 is 0. The Morgan fingerprint density at radius 2 is 2.17 bits per heavy atom. The third-order valence-electron chi connectivity index (χ3n) is 6.27. The molecule has 0 aliphatic carbocycles. The van der Waals surface area contributed by atoms with Gasteiger partial charge in [-0.2, -0.15) is 0 Å². The smallest absolute Gasteiger partial charge is 0.119 e. The molecule has 5 rings (SSSR count). The molecule has 128 valence electrons. The topological polar surface area (TPSA) is 32.7 Å². The number of fused-ring (bicyclic) bond motifs is 4. The van der Waals surface area contributed by atoms with E-state index in [9.17, 15) is 5.11 Å². The van der Waals surface area contributed by atoms with Gasteiger partial charge >= 0.3 is 0 Å². The first-order valence-corrected chi connectivity index (χ1v) is 9.20. The number of aliphatic hydroxyl groups is 1. The van der Waals surface area contributed by atoms with Gasteiger partial charge in [-0.15, -0.1) is 0 Å². The first kappa shape index (κ1) is 15.9. The molecular weight excluding hydrogens is 298 g/mol. The zero-order chi connectivity index (χ0) is 16.7. The van der Waals surface area contributed by atoms with Crippen LogP contribution in [0.25, 0.3) is 10.8 Å². The summed E-state index contributed by atoms with van der Waals surface area (Å²) in [5.74, 6) is 2.44. The van der Waals surface area contributed by atoms with Crippen molar-refractivity contribution in [2.45, 2.75) is 38.3 Å². The van der Waals surface area contributed by atoms with Crippen molar-refractivity contribution in [1.29, 1.82) is 0 Å². The quantitative estimate of drug-likeness (QED) is 0.922. The number of aliphatic hydroxyl groups excluding tert-OH is 1. The molecule has 3 saturated heterocycles. The van der Waals surface area contributed by atoms with E-state index in [0.29, 0.717) is 0 Å². The SMILES string of the molecule is CCC1CN2CCC1C[C@@H]2[C@@H](O)c1cccc2ccc(OC)cc12. The predicted octanol–water partition coefficient (Wildman–Crippen LogP) is 4.00. The maximum Gasteiger partial charge on any atom is 0.119 e. The summed E-state index contributed by atoms with van der Waals surface area (Å²) < 4.78 is 5.39. The van der Waals surface area contributed by atoms with Crippen LogP contribution < -0.4 is 4.74 Å². The molecule has 1 N–H and O–H groups in total. The van der Waals surface area contributed by atoms with E-state index < -0.39 is 6.10 Å². The Bertz CT molecular complexity index is 729. The number of ether oxygens (including phenoxy) is 1. The molecule has 3 aliphatic heterocycles. The highest BCUT2D eigenvalue weighted by Gasteiger charge is 2.42. The Morgan fingerprint density at radius 1 is 1.29 bits per heavy atom. The van der Waals surface area contributed by atoms with E-state index >= 15 is 0 Å². The van der Waals surface area contributed by atoms with Crippen molar-refractivity contribution < 1.29 is 9.84 Å². The molecule has 3 aliphatic rings. The molecule has 0 amide bonds. The Hall–Kier alpha value is -1.58. The number of rotatable bonds is 4. The van der Waals surface area contributed by atoms with Crippen LogP contribution >= 0.6 is 0 Å². The van der Waals surface area contributed by atoms with Crippen LogP contribution in [0.1, 0.15) is 37.9 Å². The highest BCUT2D eigenvalue weighted by atomic mass is 16.5. The monoisotopic (exact) mass is 325 g/mol. The van der Waals surface area contributed by atoms with Gasteiger partial charge in [0.15, 0.2) is 0 Å². The number of methoxy groups -OCH3 is 1. The van der Waals surface area contributed by atoms with Crippen LogP contribution in [0.4, 0.5) is 0 Å². The molecule has 24 heavy (non-hydrogen) atoms. The number of benzene rings is 2. The fraction of sp³-hybridized carbons (Fsp3) is 0.524. The van der Waals surface area contributed by atoms with Crippen LogP contribution in [0, 0.1) is 11.8 Å². The fourth-order valence-electron chi connectivity index (χ4n) is 4.84. The van der Waals surface area contributed by atoms with Crippen molar-refractivity contribution in [2.75, 3.05) is 20.2 Å². The van der Waals surface area contributed by atoms with Gasteiger partial charge in [0.1, 0.15) is 5.75 Å². The molecular formula is C21H27NO2. The van der Waals surface area contributed by atoms with E-state index in [4.69, 9.17) is 4.74 Å². The lowest BCUT2D eigenvalue weighted by Gasteiger charge is -2.51. The minimum Gasteiger partial charge on any atom is -0.497 e. The molecule has 2 aromatic carbocycles.